The zero-order valence-electron chi connectivity index (χ0n) is 11.8. The number of anilines is 1. The molecule has 22 heavy (non-hydrogen) atoms. The number of benzene rings is 1. The van der Waals surface area contributed by atoms with Gasteiger partial charge in [-0.25, -0.2) is 4.68 Å². The fourth-order valence-corrected chi connectivity index (χ4v) is 2.26. The molecule has 6 nitrogen and oxygen atoms in total. The quantitative estimate of drug-likeness (QED) is 0.802. The summed E-state index contributed by atoms with van der Waals surface area (Å²) in [7, 11) is 0. The first-order valence-electron chi connectivity index (χ1n) is 7.17. The lowest BCUT2D eigenvalue weighted by Crippen LogP contribution is -2.11. The van der Waals surface area contributed by atoms with Crippen LogP contribution in [-0.2, 0) is 0 Å². The van der Waals surface area contributed by atoms with Gasteiger partial charge < -0.3 is 9.84 Å². The van der Waals surface area contributed by atoms with E-state index in [1.165, 1.54) is 0 Å². The maximum atomic E-state index is 12.1. The molecule has 2 heterocycles. The Hall–Kier alpha value is -2.89. The van der Waals surface area contributed by atoms with Gasteiger partial charge in [-0.05, 0) is 25.0 Å². The van der Waals surface area contributed by atoms with Crippen LogP contribution < -0.4 is 5.32 Å². The molecule has 0 radical (unpaired) electrons. The first kappa shape index (κ1) is 12.8. The third-order valence-corrected chi connectivity index (χ3v) is 3.60. The molecular formula is C16H14N4O2. The van der Waals surface area contributed by atoms with E-state index in [0.29, 0.717) is 17.3 Å². The highest BCUT2D eigenvalue weighted by Crippen LogP contribution is 2.40. The maximum Gasteiger partial charge on any atom is 0.277 e. The number of nitrogens with one attached hydrogen (secondary N) is 1. The number of para-hydroxylation sites is 1. The molecule has 1 N–H and O–H groups in total. The van der Waals surface area contributed by atoms with Crippen LogP contribution >= 0.6 is 0 Å². The Morgan fingerprint density at radius 2 is 2.09 bits per heavy atom. The molecular weight excluding hydrogens is 280 g/mol. The van der Waals surface area contributed by atoms with E-state index in [2.05, 4.69) is 15.6 Å². The number of aromatic nitrogens is 3. The SMILES string of the molecule is O=C(Nc1cnn(-c2ccccc2)c1)c1cc(C2CC2)on1. The lowest BCUT2D eigenvalue weighted by molar-refractivity contribution is 0.101. The van der Waals surface area contributed by atoms with Crippen LogP contribution in [0.4, 0.5) is 5.69 Å². The van der Waals surface area contributed by atoms with Crippen molar-refractivity contribution in [3.8, 4) is 5.69 Å². The Balaban J connectivity index is 1.48. The maximum absolute atomic E-state index is 12.1. The van der Waals surface area contributed by atoms with E-state index in [0.717, 1.165) is 24.3 Å². The van der Waals surface area contributed by atoms with Crippen LogP contribution in [0.25, 0.3) is 5.69 Å². The van der Waals surface area contributed by atoms with Gasteiger partial charge in [0.25, 0.3) is 5.91 Å². The van der Waals surface area contributed by atoms with Crippen LogP contribution in [0, 0.1) is 0 Å². The monoisotopic (exact) mass is 294 g/mol. The fraction of sp³-hybridized carbons (Fsp3) is 0.188. The summed E-state index contributed by atoms with van der Waals surface area (Å²) in [6.45, 7) is 0. The second-order valence-corrected chi connectivity index (χ2v) is 5.35. The summed E-state index contributed by atoms with van der Waals surface area (Å²) in [6, 6.07) is 11.4. The Kier molecular flexibility index (Phi) is 3.00. The molecule has 0 unspecified atom stereocenters. The first-order chi connectivity index (χ1) is 10.8. The Morgan fingerprint density at radius 3 is 2.86 bits per heavy atom. The van der Waals surface area contributed by atoms with Gasteiger partial charge in [0, 0.05) is 12.0 Å². The van der Waals surface area contributed by atoms with E-state index < -0.39 is 0 Å². The molecule has 0 spiro atoms. The third-order valence-electron chi connectivity index (χ3n) is 3.60. The van der Waals surface area contributed by atoms with Crippen molar-refractivity contribution < 1.29 is 9.32 Å². The molecule has 2 aromatic heterocycles. The zero-order chi connectivity index (χ0) is 14.9. The molecule has 1 amide bonds. The van der Waals surface area contributed by atoms with Crippen LogP contribution in [-0.4, -0.2) is 20.8 Å². The minimum absolute atomic E-state index is 0.289. The van der Waals surface area contributed by atoms with Crippen molar-refractivity contribution >= 4 is 11.6 Å². The lowest BCUT2D eigenvalue weighted by Gasteiger charge is -2.00. The zero-order valence-corrected chi connectivity index (χ0v) is 11.8. The van der Waals surface area contributed by atoms with E-state index in [9.17, 15) is 4.79 Å². The minimum Gasteiger partial charge on any atom is -0.360 e. The van der Waals surface area contributed by atoms with Crippen LogP contribution in [0.2, 0.25) is 0 Å². The Bertz CT molecular complexity index is 802. The summed E-state index contributed by atoms with van der Waals surface area (Å²) >= 11 is 0. The molecule has 1 aromatic carbocycles. The average molecular weight is 294 g/mol. The van der Waals surface area contributed by atoms with E-state index in [4.69, 9.17) is 4.52 Å². The fourth-order valence-electron chi connectivity index (χ4n) is 2.26. The van der Waals surface area contributed by atoms with Gasteiger partial charge >= 0.3 is 0 Å². The number of carbonyl (C=O) groups excluding carboxylic acids is 1. The summed E-state index contributed by atoms with van der Waals surface area (Å²) in [5.74, 6) is 0.947. The van der Waals surface area contributed by atoms with Crippen LogP contribution in [0.5, 0.6) is 0 Å². The standard InChI is InChI=1S/C16H14N4O2/c21-16(14-8-15(22-19-14)11-6-7-11)18-12-9-17-20(10-12)13-4-2-1-3-5-13/h1-5,8-11H,6-7H2,(H,18,21). The molecule has 1 fully saturated rings. The van der Waals surface area contributed by atoms with Gasteiger partial charge in [0.15, 0.2) is 5.69 Å². The lowest BCUT2D eigenvalue weighted by atomic mass is 10.3. The van der Waals surface area contributed by atoms with Gasteiger partial charge in [-0.2, -0.15) is 5.10 Å². The Morgan fingerprint density at radius 1 is 1.27 bits per heavy atom. The third kappa shape index (κ3) is 2.50. The molecule has 3 aromatic rings. The molecule has 1 saturated carbocycles. The van der Waals surface area contributed by atoms with Crippen molar-refractivity contribution in [2.75, 3.05) is 5.32 Å². The van der Waals surface area contributed by atoms with Crippen LogP contribution in [0.1, 0.15) is 35.0 Å². The first-order valence-corrected chi connectivity index (χ1v) is 7.17. The molecule has 1 aliphatic rings. The highest BCUT2D eigenvalue weighted by Gasteiger charge is 2.28. The van der Waals surface area contributed by atoms with E-state index in [1.807, 2.05) is 30.3 Å². The van der Waals surface area contributed by atoms with E-state index in [-0.39, 0.29) is 5.91 Å². The number of nitrogens with zero attached hydrogens (tertiary/aromatic N) is 3. The van der Waals surface area contributed by atoms with Crippen molar-refractivity contribution in [2.24, 2.45) is 0 Å². The van der Waals surface area contributed by atoms with Gasteiger partial charge in [-0.1, -0.05) is 23.4 Å². The molecule has 1 aliphatic carbocycles. The van der Waals surface area contributed by atoms with E-state index in [1.54, 1.807) is 23.1 Å². The summed E-state index contributed by atoms with van der Waals surface area (Å²) in [5, 5.41) is 10.8. The van der Waals surface area contributed by atoms with Gasteiger partial charge in [0.1, 0.15) is 5.76 Å². The molecule has 110 valence electrons. The predicted molar refractivity (Wildman–Crippen MR) is 80.0 cm³/mol. The number of rotatable bonds is 4. The smallest absolute Gasteiger partial charge is 0.277 e. The van der Waals surface area contributed by atoms with Crippen LogP contribution in [0.15, 0.2) is 53.3 Å². The van der Waals surface area contributed by atoms with Crippen molar-refractivity contribution in [2.45, 2.75) is 18.8 Å². The van der Waals surface area contributed by atoms with Gasteiger partial charge in [0.05, 0.1) is 23.8 Å². The Labute approximate surface area is 126 Å². The molecule has 0 bridgehead atoms. The number of hydrogen-bond acceptors (Lipinski definition) is 4. The van der Waals surface area contributed by atoms with Crippen molar-refractivity contribution in [3.05, 3.63) is 60.2 Å². The molecule has 0 atom stereocenters. The highest BCUT2D eigenvalue weighted by molar-refractivity contribution is 6.02. The summed E-state index contributed by atoms with van der Waals surface area (Å²) in [5.41, 5.74) is 1.85. The summed E-state index contributed by atoms with van der Waals surface area (Å²) < 4.78 is 6.89. The second kappa shape index (κ2) is 5.14. The van der Waals surface area contributed by atoms with Crippen molar-refractivity contribution in [1.82, 2.24) is 14.9 Å². The second-order valence-electron chi connectivity index (χ2n) is 5.35. The van der Waals surface area contributed by atoms with Crippen molar-refractivity contribution in [3.63, 3.8) is 0 Å². The largest absolute Gasteiger partial charge is 0.360 e. The minimum atomic E-state index is -0.289. The van der Waals surface area contributed by atoms with Crippen molar-refractivity contribution in [1.29, 1.82) is 0 Å². The van der Waals surface area contributed by atoms with E-state index >= 15 is 0 Å². The van der Waals surface area contributed by atoms with Gasteiger partial charge in [0.2, 0.25) is 0 Å². The normalized spacial score (nSPS) is 14.0. The predicted octanol–water partition coefficient (Wildman–Crippen LogP) is 2.99. The highest BCUT2D eigenvalue weighted by atomic mass is 16.5. The molecule has 0 saturated heterocycles. The number of amides is 1. The molecule has 0 aliphatic heterocycles. The number of carbonyl (C=O) groups is 1. The topological polar surface area (TPSA) is 73.0 Å². The van der Waals surface area contributed by atoms with Crippen LogP contribution in [0.3, 0.4) is 0 Å². The van der Waals surface area contributed by atoms with Gasteiger partial charge in [-0.15, -0.1) is 0 Å². The average Bonchev–Trinajstić information content (AvgIpc) is 3.10. The summed E-state index contributed by atoms with van der Waals surface area (Å²) in [4.78, 5) is 12.1. The summed E-state index contributed by atoms with van der Waals surface area (Å²) in [6.07, 6.45) is 5.59. The van der Waals surface area contributed by atoms with Gasteiger partial charge in [-0.3, -0.25) is 4.79 Å². The molecule has 4 rings (SSSR count). The number of hydrogen-bond donors (Lipinski definition) is 1. The molecule has 6 heteroatoms.